The normalized spacial score (nSPS) is 18.4. The average Bonchev–Trinajstić information content (AvgIpc) is 2.97. The molecule has 0 aromatic heterocycles. The molecule has 8 heteroatoms. The molecule has 1 heterocycles. The van der Waals surface area contributed by atoms with Crippen molar-refractivity contribution in [3.63, 3.8) is 0 Å². The smallest absolute Gasteiger partial charge is 0.334 e. The number of fused-ring (bicyclic) bond motifs is 1. The van der Waals surface area contributed by atoms with Gasteiger partial charge in [0.15, 0.2) is 5.71 Å². The van der Waals surface area contributed by atoms with E-state index >= 15 is 0 Å². The number of carbonyl (C=O) groups is 2. The number of amides is 3. The Bertz CT molecular complexity index is 825. The van der Waals surface area contributed by atoms with E-state index in [4.69, 9.17) is 0 Å². The number of nitrogens with zero attached hydrogens (tertiary/aromatic N) is 3. The van der Waals surface area contributed by atoms with Crippen LogP contribution in [-0.4, -0.2) is 53.8 Å². The summed E-state index contributed by atoms with van der Waals surface area (Å²) in [5.74, 6) is -0.182. The number of rotatable bonds is 7. The summed E-state index contributed by atoms with van der Waals surface area (Å²) in [6.45, 7) is 9.99. The summed E-state index contributed by atoms with van der Waals surface area (Å²) in [6, 6.07) is 6.35. The summed E-state index contributed by atoms with van der Waals surface area (Å²) in [5.41, 5.74) is 4.39. The zero-order valence-electron chi connectivity index (χ0n) is 18.9. The van der Waals surface area contributed by atoms with E-state index in [1.807, 2.05) is 18.2 Å². The Morgan fingerprint density at radius 3 is 2.52 bits per heavy atom. The second kappa shape index (κ2) is 10.6. The molecule has 1 fully saturated rings. The number of hydrogen-bond donors (Lipinski definition) is 2. The Kier molecular flexibility index (Phi) is 8.11. The summed E-state index contributed by atoms with van der Waals surface area (Å²) in [7, 11) is 0. The van der Waals surface area contributed by atoms with Gasteiger partial charge in [-0.25, -0.2) is 10.2 Å². The number of hydrazone groups is 1. The lowest BCUT2D eigenvalue weighted by atomic mass is 9.96. The van der Waals surface area contributed by atoms with E-state index < -0.39 is 0 Å². The quantitative estimate of drug-likeness (QED) is 0.559. The van der Waals surface area contributed by atoms with Gasteiger partial charge in [0.05, 0.1) is 5.69 Å². The Hall–Kier alpha value is -1.93. The lowest BCUT2D eigenvalue weighted by Gasteiger charge is -2.32. The molecule has 1 aliphatic heterocycles. The molecule has 3 amide bonds. The first-order valence-corrected chi connectivity index (χ1v) is 12.1. The maximum atomic E-state index is 13.2. The SMILES string of the molecule is CC(C)N(CCN1C(=O)C(=NNC(=O)NC2CCCCC2)c2cc(Br)ccc21)C(C)C. The van der Waals surface area contributed by atoms with Gasteiger partial charge in [0.1, 0.15) is 0 Å². The number of anilines is 1. The van der Waals surface area contributed by atoms with Gasteiger partial charge in [-0.2, -0.15) is 5.10 Å². The largest absolute Gasteiger partial charge is 0.335 e. The third-order valence-corrected chi connectivity index (χ3v) is 6.56. The van der Waals surface area contributed by atoms with E-state index in [-0.39, 0.29) is 23.7 Å². The van der Waals surface area contributed by atoms with Crippen molar-refractivity contribution in [2.45, 2.75) is 77.9 Å². The third-order valence-electron chi connectivity index (χ3n) is 6.07. The lowest BCUT2D eigenvalue weighted by molar-refractivity contribution is -0.112. The maximum absolute atomic E-state index is 13.2. The van der Waals surface area contributed by atoms with Crippen LogP contribution in [0, 0.1) is 0 Å². The molecule has 0 saturated heterocycles. The van der Waals surface area contributed by atoms with Gasteiger partial charge >= 0.3 is 6.03 Å². The van der Waals surface area contributed by atoms with Gasteiger partial charge in [-0.1, -0.05) is 35.2 Å². The first kappa shape index (κ1) is 23.7. The fourth-order valence-corrected chi connectivity index (χ4v) is 4.88. The molecule has 2 N–H and O–H groups in total. The van der Waals surface area contributed by atoms with Crippen LogP contribution in [0.5, 0.6) is 0 Å². The number of nitrogens with one attached hydrogen (secondary N) is 2. The molecule has 2 aliphatic rings. The predicted molar refractivity (Wildman–Crippen MR) is 129 cm³/mol. The van der Waals surface area contributed by atoms with Crippen LogP contribution in [0.15, 0.2) is 27.8 Å². The number of urea groups is 1. The van der Waals surface area contributed by atoms with Crippen molar-refractivity contribution >= 4 is 39.3 Å². The minimum absolute atomic E-state index is 0.182. The predicted octanol–water partition coefficient (Wildman–Crippen LogP) is 4.25. The third kappa shape index (κ3) is 5.86. The molecule has 170 valence electrons. The molecule has 0 atom stereocenters. The van der Waals surface area contributed by atoms with Crippen molar-refractivity contribution in [2.75, 3.05) is 18.0 Å². The summed E-state index contributed by atoms with van der Waals surface area (Å²) >= 11 is 3.49. The lowest BCUT2D eigenvalue weighted by Crippen LogP contribution is -2.44. The van der Waals surface area contributed by atoms with E-state index in [1.54, 1.807) is 4.90 Å². The van der Waals surface area contributed by atoms with Crippen LogP contribution in [0.2, 0.25) is 0 Å². The Labute approximate surface area is 193 Å². The van der Waals surface area contributed by atoms with Crippen LogP contribution in [0.1, 0.15) is 65.4 Å². The zero-order valence-corrected chi connectivity index (χ0v) is 20.5. The molecule has 3 rings (SSSR count). The minimum atomic E-state index is -0.354. The Morgan fingerprint density at radius 1 is 1.19 bits per heavy atom. The van der Waals surface area contributed by atoms with Crippen LogP contribution in [0.25, 0.3) is 0 Å². The van der Waals surface area contributed by atoms with E-state index in [0.717, 1.165) is 48.0 Å². The van der Waals surface area contributed by atoms with Crippen molar-refractivity contribution < 1.29 is 9.59 Å². The molecule has 1 saturated carbocycles. The van der Waals surface area contributed by atoms with Gasteiger partial charge in [0, 0.05) is 41.3 Å². The highest BCUT2D eigenvalue weighted by Gasteiger charge is 2.35. The highest BCUT2D eigenvalue weighted by Crippen LogP contribution is 2.31. The highest BCUT2D eigenvalue weighted by atomic mass is 79.9. The summed E-state index contributed by atoms with van der Waals surface area (Å²) in [6.07, 6.45) is 5.49. The van der Waals surface area contributed by atoms with Gasteiger partial charge in [-0.05, 0) is 58.7 Å². The zero-order chi connectivity index (χ0) is 22.5. The second-order valence-electron chi connectivity index (χ2n) is 8.92. The van der Waals surface area contributed by atoms with E-state index in [0.29, 0.717) is 18.6 Å². The minimum Gasteiger partial charge on any atom is -0.334 e. The number of hydrogen-bond acceptors (Lipinski definition) is 4. The Balaban J connectivity index is 1.74. The van der Waals surface area contributed by atoms with Crippen LogP contribution in [-0.2, 0) is 4.79 Å². The molecule has 7 nitrogen and oxygen atoms in total. The summed E-state index contributed by atoms with van der Waals surface area (Å²) in [5, 5.41) is 7.20. The Morgan fingerprint density at radius 2 is 1.87 bits per heavy atom. The number of carbonyl (C=O) groups excluding carboxylic acids is 2. The number of benzene rings is 1. The van der Waals surface area contributed by atoms with Crippen LogP contribution in [0.4, 0.5) is 10.5 Å². The summed E-state index contributed by atoms with van der Waals surface area (Å²) in [4.78, 5) is 29.7. The molecule has 0 spiro atoms. The van der Waals surface area contributed by atoms with Crippen LogP contribution < -0.4 is 15.6 Å². The number of halogens is 1. The highest BCUT2D eigenvalue weighted by molar-refractivity contribution is 9.10. The van der Waals surface area contributed by atoms with Crippen molar-refractivity contribution in [1.29, 1.82) is 0 Å². The molecule has 31 heavy (non-hydrogen) atoms. The molecular formula is C23H34BrN5O2. The van der Waals surface area contributed by atoms with Crippen molar-refractivity contribution in [3.05, 3.63) is 28.2 Å². The van der Waals surface area contributed by atoms with Gasteiger partial charge in [-0.3, -0.25) is 9.69 Å². The fourth-order valence-electron chi connectivity index (χ4n) is 4.52. The summed E-state index contributed by atoms with van der Waals surface area (Å²) < 4.78 is 0.867. The topological polar surface area (TPSA) is 77.0 Å². The first-order valence-electron chi connectivity index (χ1n) is 11.3. The van der Waals surface area contributed by atoms with Gasteiger partial charge in [0.25, 0.3) is 5.91 Å². The molecule has 1 aromatic rings. The van der Waals surface area contributed by atoms with Crippen LogP contribution >= 0.6 is 15.9 Å². The molecular weight excluding hydrogens is 458 g/mol. The van der Waals surface area contributed by atoms with E-state index in [9.17, 15) is 9.59 Å². The standard InChI is InChI=1S/C23H34BrN5O2/c1-15(2)28(16(3)4)12-13-29-20-11-10-17(24)14-19(20)21(22(29)30)26-27-23(31)25-18-8-6-5-7-9-18/h10-11,14-16,18H,5-9,12-13H2,1-4H3,(H2,25,27,31). The van der Waals surface area contributed by atoms with Crippen molar-refractivity contribution in [1.82, 2.24) is 15.6 Å². The monoisotopic (exact) mass is 491 g/mol. The molecule has 1 aliphatic carbocycles. The van der Waals surface area contributed by atoms with Crippen molar-refractivity contribution in [2.24, 2.45) is 5.10 Å². The van der Waals surface area contributed by atoms with Gasteiger partial charge < -0.3 is 10.2 Å². The fraction of sp³-hybridized carbons (Fsp3) is 0.609. The molecule has 0 bridgehead atoms. The van der Waals surface area contributed by atoms with Crippen LogP contribution in [0.3, 0.4) is 0 Å². The molecule has 0 unspecified atom stereocenters. The first-order chi connectivity index (χ1) is 14.8. The second-order valence-corrected chi connectivity index (χ2v) is 9.84. The maximum Gasteiger partial charge on any atom is 0.335 e. The van der Waals surface area contributed by atoms with Gasteiger partial charge in [0.2, 0.25) is 0 Å². The molecule has 0 radical (unpaired) electrons. The van der Waals surface area contributed by atoms with Crippen molar-refractivity contribution in [3.8, 4) is 0 Å². The van der Waals surface area contributed by atoms with E-state index in [2.05, 4.69) is 64.4 Å². The average molecular weight is 492 g/mol. The van der Waals surface area contributed by atoms with Gasteiger partial charge in [-0.15, -0.1) is 0 Å². The molecule has 1 aromatic carbocycles. The van der Waals surface area contributed by atoms with E-state index in [1.165, 1.54) is 6.42 Å².